The van der Waals surface area contributed by atoms with Crippen molar-refractivity contribution in [3.63, 3.8) is 0 Å². The molecule has 1 aliphatic rings. The Morgan fingerprint density at radius 1 is 1.56 bits per heavy atom. The van der Waals surface area contributed by atoms with Crippen LogP contribution in [0.5, 0.6) is 0 Å². The van der Waals surface area contributed by atoms with E-state index in [0.717, 1.165) is 19.4 Å². The Labute approximate surface area is 107 Å². The summed E-state index contributed by atoms with van der Waals surface area (Å²) < 4.78 is 19.5. The first-order valence-corrected chi connectivity index (χ1v) is 6.38. The standard InChI is InChI=1S/C14H20FNO2/c1-10(17)11-5-6-14(13(15)8-11)16(2)9-12-4-3-7-18-12/h5-6,8,10,12,17H,3-4,7,9H2,1-2H3. The van der Waals surface area contributed by atoms with Crippen LogP contribution in [-0.2, 0) is 4.74 Å². The number of aliphatic hydroxyl groups is 1. The van der Waals surface area contributed by atoms with Gasteiger partial charge in [-0.3, -0.25) is 0 Å². The van der Waals surface area contributed by atoms with E-state index in [0.29, 0.717) is 17.8 Å². The third-order valence-corrected chi connectivity index (χ3v) is 3.37. The first-order valence-electron chi connectivity index (χ1n) is 6.38. The molecule has 1 aliphatic heterocycles. The number of rotatable bonds is 4. The average molecular weight is 253 g/mol. The third kappa shape index (κ3) is 3.00. The van der Waals surface area contributed by atoms with Gasteiger partial charge < -0.3 is 14.7 Å². The Bertz CT molecular complexity index is 403. The molecule has 1 saturated heterocycles. The SMILES string of the molecule is CC(O)c1ccc(N(C)CC2CCCO2)c(F)c1. The Hall–Kier alpha value is -1.13. The second kappa shape index (κ2) is 5.67. The summed E-state index contributed by atoms with van der Waals surface area (Å²) in [6, 6.07) is 4.87. The second-order valence-electron chi connectivity index (χ2n) is 4.90. The van der Waals surface area contributed by atoms with Gasteiger partial charge in [0.05, 0.1) is 17.9 Å². The van der Waals surface area contributed by atoms with Gasteiger partial charge in [-0.25, -0.2) is 4.39 Å². The van der Waals surface area contributed by atoms with Gasteiger partial charge in [-0.2, -0.15) is 0 Å². The van der Waals surface area contributed by atoms with E-state index in [4.69, 9.17) is 4.74 Å². The summed E-state index contributed by atoms with van der Waals surface area (Å²) in [5, 5.41) is 9.41. The Morgan fingerprint density at radius 2 is 2.33 bits per heavy atom. The lowest BCUT2D eigenvalue weighted by molar-refractivity contribution is 0.116. The molecule has 0 aliphatic carbocycles. The van der Waals surface area contributed by atoms with Crippen molar-refractivity contribution in [1.29, 1.82) is 0 Å². The van der Waals surface area contributed by atoms with Gasteiger partial charge >= 0.3 is 0 Å². The molecule has 18 heavy (non-hydrogen) atoms. The minimum atomic E-state index is -0.642. The lowest BCUT2D eigenvalue weighted by Crippen LogP contribution is -2.29. The van der Waals surface area contributed by atoms with Gasteiger partial charge in [0, 0.05) is 20.2 Å². The average Bonchev–Trinajstić information content (AvgIpc) is 2.81. The monoisotopic (exact) mass is 253 g/mol. The Kier molecular flexibility index (Phi) is 4.19. The van der Waals surface area contributed by atoms with E-state index in [2.05, 4.69) is 0 Å². The largest absolute Gasteiger partial charge is 0.389 e. The Morgan fingerprint density at radius 3 is 2.89 bits per heavy atom. The number of hydrogen-bond donors (Lipinski definition) is 1. The van der Waals surface area contributed by atoms with E-state index in [-0.39, 0.29) is 11.9 Å². The highest BCUT2D eigenvalue weighted by molar-refractivity contribution is 5.48. The number of halogens is 1. The fraction of sp³-hybridized carbons (Fsp3) is 0.571. The third-order valence-electron chi connectivity index (χ3n) is 3.37. The van der Waals surface area contributed by atoms with Gasteiger partial charge in [0.15, 0.2) is 0 Å². The van der Waals surface area contributed by atoms with Crippen molar-refractivity contribution in [1.82, 2.24) is 0 Å². The van der Waals surface area contributed by atoms with E-state index >= 15 is 0 Å². The van der Waals surface area contributed by atoms with Crippen LogP contribution >= 0.6 is 0 Å². The number of benzene rings is 1. The normalized spacial score (nSPS) is 21.0. The quantitative estimate of drug-likeness (QED) is 0.895. The summed E-state index contributed by atoms with van der Waals surface area (Å²) in [7, 11) is 1.86. The molecule has 4 heteroatoms. The summed E-state index contributed by atoms with van der Waals surface area (Å²) in [5.41, 5.74) is 1.15. The van der Waals surface area contributed by atoms with Crippen LogP contribution in [0.3, 0.4) is 0 Å². The second-order valence-corrected chi connectivity index (χ2v) is 4.90. The lowest BCUT2D eigenvalue weighted by atomic mass is 10.1. The van der Waals surface area contributed by atoms with Crippen LogP contribution in [0.1, 0.15) is 31.4 Å². The van der Waals surface area contributed by atoms with Crippen molar-refractivity contribution in [2.45, 2.75) is 32.0 Å². The van der Waals surface area contributed by atoms with Crippen molar-refractivity contribution in [2.24, 2.45) is 0 Å². The van der Waals surface area contributed by atoms with Gasteiger partial charge in [0.1, 0.15) is 5.82 Å². The first-order chi connectivity index (χ1) is 8.58. The van der Waals surface area contributed by atoms with E-state index in [1.165, 1.54) is 6.07 Å². The molecule has 1 fully saturated rings. The molecule has 2 atom stereocenters. The zero-order valence-electron chi connectivity index (χ0n) is 10.9. The molecule has 1 heterocycles. The van der Waals surface area contributed by atoms with E-state index in [9.17, 15) is 9.50 Å². The number of hydrogen-bond acceptors (Lipinski definition) is 3. The van der Waals surface area contributed by atoms with Crippen molar-refractivity contribution >= 4 is 5.69 Å². The molecule has 2 rings (SSSR count). The van der Waals surface area contributed by atoms with Crippen LogP contribution in [0.2, 0.25) is 0 Å². The highest BCUT2D eigenvalue weighted by Crippen LogP contribution is 2.24. The molecule has 0 aromatic heterocycles. The maximum atomic E-state index is 13.9. The van der Waals surface area contributed by atoms with Crippen molar-refractivity contribution in [3.8, 4) is 0 Å². The van der Waals surface area contributed by atoms with E-state index in [1.54, 1.807) is 19.1 Å². The number of likely N-dealkylation sites (N-methyl/N-ethyl adjacent to an activating group) is 1. The molecular weight excluding hydrogens is 233 g/mol. The van der Waals surface area contributed by atoms with Crippen LogP contribution in [0.15, 0.2) is 18.2 Å². The number of nitrogens with zero attached hydrogens (tertiary/aromatic N) is 1. The van der Waals surface area contributed by atoms with Gasteiger partial charge in [-0.05, 0) is 37.5 Å². The zero-order valence-corrected chi connectivity index (χ0v) is 10.9. The van der Waals surface area contributed by atoms with Crippen LogP contribution < -0.4 is 4.90 Å². The maximum absolute atomic E-state index is 13.9. The topological polar surface area (TPSA) is 32.7 Å². The maximum Gasteiger partial charge on any atom is 0.146 e. The predicted molar refractivity (Wildman–Crippen MR) is 69.3 cm³/mol. The Balaban J connectivity index is 2.07. The summed E-state index contributed by atoms with van der Waals surface area (Å²) in [5.74, 6) is -0.297. The molecule has 0 amide bonds. The van der Waals surface area contributed by atoms with E-state index < -0.39 is 6.10 Å². The van der Waals surface area contributed by atoms with Crippen molar-refractivity contribution in [2.75, 3.05) is 25.1 Å². The minimum Gasteiger partial charge on any atom is -0.389 e. The predicted octanol–water partition coefficient (Wildman–Crippen LogP) is 2.49. The van der Waals surface area contributed by atoms with Crippen LogP contribution in [-0.4, -0.2) is 31.4 Å². The van der Waals surface area contributed by atoms with E-state index in [1.807, 2.05) is 11.9 Å². The smallest absolute Gasteiger partial charge is 0.146 e. The molecule has 100 valence electrons. The molecule has 0 saturated carbocycles. The molecular formula is C14H20FNO2. The summed E-state index contributed by atoms with van der Waals surface area (Å²) >= 11 is 0. The molecule has 2 unspecified atom stereocenters. The minimum absolute atomic E-state index is 0.200. The molecule has 0 bridgehead atoms. The fourth-order valence-corrected chi connectivity index (χ4v) is 2.28. The fourth-order valence-electron chi connectivity index (χ4n) is 2.28. The van der Waals surface area contributed by atoms with Gasteiger partial charge in [-0.1, -0.05) is 6.07 Å². The lowest BCUT2D eigenvalue weighted by Gasteiger charge is -2.23. The summed E-state index contributed by atoms with van der Waals surface area (Å²) in [4.78, 5) is 1.87. The summed E-state index contributed by atoms with van der Waals surface area (Å²) in [6.07, 6.45) is 1.68. The van der Waals surface area contributed by atoms with Crippen LogP contribution in [0, 0.1) is 5.82 Å². The number of aliphatic hydroxyl groups excluding tert-OH is 1. The van der Waals surface area contributed by atoms with Crippen LogP contribution in [0.4, 0.5) is 10.1 Å². The van der Waals surface area contributed by atoms with Gasteiger partial charge in [0.2, 0.25) is 0 Å². The first kappa shape index (κ1) is 13.3. The van der Waals surface area contributed by atoms with Gasteiger partial charge in [-0.15, -0.1) is 0 Å². The van der Waals surface area contributed by atoms with Crippen LogP contribution in [0.25, 0.3) is 0 Å². The highest BCUT2D eigenvalue weighted by atomic mass is 19.1. The molecule has 1 aromatic rings. The molecule has 1 aromatic carbocycles. The molecule has 3 nitrogen and oxygen atoms in total. The van der Waals surface area contributed by atoms with Gasteiger partial charge in [0.25, 0.3) is 0 Å². The van der Waals surface area contributed by atoms with Crippen molar-refractivity contribution in [3.05, 3.63) is 29.6 Å². The highest BCUT2D eigenvalue weighted by Gasteiger charge is 2.19. The zero-order chi connectivity index (χ0) is 13.1. The summed E-state index contributed by atoms with van der Waals surface area (Å²) in [6.45, 7) is 3.14. The molecule has 0 radical (unpaired) electrons. The number of anilines is 1. The molecule has 0 spiro atoms. The molecule has 1 N–H and O–H groups in total. The number of ether oxygens (including phenoxy) is 1. The van der Waals surface area contributed by atoms with Crippen molar-refractivity contribution < 1.29 is 14.2 Å².